The average molecular weight is 333 g/mol. The Labute approximate surface area is 131 Å². The molecule has 128 valence electrons. The second-order valence-electron chi connectivity index (χ2n) is 5.13. The minimum atomic E-state index is -4.40. The lowest BCUT2D eigenvalue weighted by Gasteiger charge is -2.29. The van der Waals surface area contributed by atoms with E-state index >= 15 is 0 Å². The van der Waals surface area contributed by atoms with Crippen LogP contribution in [0.25, 0.3) is 0 Å². The third-order valence-electron chi connectivity index (χ3n) is 3.25. The minimum absolute atomic E-state index is 0.117. The highest BCUT2D eigenvalue weighted by Crippen LogP contribution is 2.17. The normalized spacial score (nSPS) is 21.7. The Morgan fingerprint density at radius 2 is 2.30 bits per heavy atom. The van der Waals surface area contributed by atoms with Crippen LogP contribution in [0, 0.1) is 0 Å². The van der Waals surface area contributed by atoms with Crippen LogP contribution in [0.4, 0.5) is 13.2 Å². The predicted molar refractivity (Wildman–Crippen MR) is 74.8 cm³/mol. The van der Waals surface area contributed by atoms with Crippen LogP contribution in [-0.2, 0) is 16.1 Å². The molecule has 0 bridgehead atoms. The monoisotopic (exact) mass is 333 g/mol. The first kappa shape index (κ1) is 17.5. The molecule has 0 aromatic carbocycles. The molecule has 0 spiro atoms. The number of nitrogens with one attached hydrogen (secondary N) is 2. The molecule has 9 heteroatoms. The van der Waals surface area contributed by atoms with Crippen LogP contribution in [0.5, 0.6) is 5.88 Å². The van der Waals surface area contributed by atoms with Gasteiger partial charge in [0.05, 0.1) is 12.7 Å². The van der Waals surface area contributed by atoms with E-state index in [1.807, 2.05) is 6.92 Å². The maximum absolute atomic E-state index is 12.0. The van der Waals surface area contributed by atoms with Gasteiger partial charge in [-0.3, -0.25) is 4.79 Å². The molecule has 1 aromatic heterocycles. The van der Waals surface area contributed by atoms with Gasteiger partial charge in [-0.25, -0.2) is 4.98 Å². The van der Waals surface area contributed by atoms with Gasteiger partial charge in [0.1, 0.15) is 6.04 Å². The summed E-state index contributed by atoms with van der Waals surface area (Å²) in [4.78, 5) is 15.8. The number of alkyl halides is 3. The lowest BCUT2D eigenvalue weighted by molar-refractivity contribution is -0.154. The van der Waals surface area contributed by atoms with Crippen LogP contribution < -0.4 is 15.4 Å². The zero-order valence-corrected chi connectivity index (χ0v) is 12.5. The highest BCUT2D eigenvalue weighted by Gasteiger charge is 2.29. The molecule has 23 heavy (non-hydrogen) atoms. The molecule has 0 unspecified atom stereocenters. The second-order valence-corrected chi connectivity index (χ2v) is 5.13. The third kappa shape index (κ3) is 5.68. The lowest BCUT2D eigenvalue weighted by Crippen LogP contribution is -2.55. The second kappa shape index (κ2) is 7.60. The molecule has 0 aliphatic carbocycles. The van der Waals surface area contributed by atoms with Crippen molar-refractivity contribution in [1.82, 2.24) is 15.6 Å². The Bertz CT molecular complexity index is 522. The van der Waals surface area contributed by atoms with Crippen molar-refractivity contribution in [2.75, 3.05) is 19.8 Å². The number of carbonyl (C=O) groups excluding carboxylic acids is 1. The Kier molecular flexibility index (Phi) is 5.78. The van der Waals surface area contributed by atoms with Crippen molar-refractivity contribution in [2.45, 2.75) is 31.8 Å². The summed E-state index contributed by atoms with van der Waals surface area (Å²) < 4.78 is 46.0. The van der Waals surface area contributed by atoms with Gasteiger partial charge in [0.15, 0.2) is 6.61 Å². The molecular weight excluding hydrogens is 315 g/mol. The van der Waals surface area contributed by atoms with Crippen molar-refractivity contribution >= 4 is 5.91 Å². The van der Waals surface area contributed by atoms with Gasteiger partial charge in [-0.2, -0.15) is 13.2 Å². The summed E-state index contributed by atoms with van der Waals surface area (Å²) in [6.07, 6.45) is -3.26. The molecule has 2 rings (SSSR count). The number of pyridine rings is 1. The zero-order chi connectivity index (χ0) is 16.9. The summed E-state index contributed by atoms with van der Waals surface area (Å²) in [6.45, 7) is 1.81. The smallest absolute Gasteiger partial charge is 0.422 e. The van der Waals surface area contributed by atoms with E-state index in [4.69, 9.17) is 4.74 Å². The fourth-order valence-electron chi connectivity index (χ4n) is 2.08. The van der Waals surface area contributed by atoms with Crippen LogP contribution in [-0.4, -0.2) is 49.0 Å². The number of hydrogen-bond acceptors (Lipinski definition) is 5. The quantitative estimate of drug-likeness (QED) is 0.842. The molecule has 1 saturated heterocycles. The molecule has 0 radical (unpaired) electrons. The van der Waals surface area contributed by atoms with Gasteiger partial charge in [0.2, 0.25) is 11.8 Å². The molecule has 6 nitrogen and oxygen atoms in total. The maximum Gasteiger partial charge on any atom is 0.422 e. The van der Waals surface area contributed by atoms with Crippen molar-refractivity contribution in [3.05, 3.63) is 23.9 Å². The standard InChI is InChI=1S/C14H18F3N3O3/c1-9-12(18-4-5-22-9)13(21)20-7-10-2-3-11(19-6-10)23-8-14(15,16)17/h2-3,6,9,12,18H,4-5,7-8H2,1H3,(H,20,21)/t9-,12+/m1/s1. The number of rotatable bonds is 5. The Hall–Kier alpha value is -1.87. The van der Waals surface area contributed by atoms with Crippen LogP contribution in [0.15, 0.2) is 18.3 Å². The number of amides is 1. The molecule has 1 fully saturated rings. The van der Waals surface area contributed by atoms with Gasteiger partial charge in [-0.1, -0.05) is 6.07 Å². The van der Waals surface area contributed by atoms with Crippen LogP contribution in [0.3, 0.4) is 0 Å². The van der Waals surface area contributed by atoms with E-state index in [1.54, 1.807) is 6.07 Å². The van der Waals surface area contributed by atoms with Crippen molar-refractivity contribution < 1.29 is 27.4 Å². The van der Waals surface area contributed by atoms with E-state index in [-0.39, 0.29) is 24.4 Å². The molecule has 2 heterocycles. The van der Waals surface area contributed by atoms with Crippen molar-refractivity contribution in [2.24, 2.45) is 0 Å². The molecule has 2 N–H and O–H groups in total. The SMILES string of the molecule is C[C@H]1OCCN[C@@H]1C(=O)NCc1ccc(OCC(F)(F)F)nc1. The highest BCUT2D eigenvalue weighted by molar-refractivity contribution is 5.82. The predicted octanol–water partition coefficient (Wildman–Crippen LogP) is 1.02. The summed E-state index contributed by atoms with van der Waals surface area (Å²) in [5.74, 6) is -0.317. The molecule has 1 aromatic rings. The van der Waals surface area contributed by atoms with Gasteiger partial charge in [-0.15, -0.1) is 0 Å². The number of hydrogen-bond donors (Lipinski definition) is 2. The largest absolute Gasteiger partial charge is 0.468 e. The van der Waals surface area contributed by atoms with E-state index < -0.39 is 18.8 Å². The number of nitrogens with zero attached hydrogens (tertiary/aromatic N) is 1. The highest BCUT2D eigenvalue weighted by atomic mass is 19.4. The van der Waals surface area contributed by atoms with Crippen molar-refractivity contribution in [1.29, 1.82) is 0 Å². The number of aromatic nitrogens is 1. The van der Waals surface area contributed by atoms with Gasteiger partial charge in [0, 0.05) is 25.4 Å². The number of carbonyl (C=O) groups is 1. The summed E-state index contributed by atoms with van der Waals surface area (Å²) in [6, 6.07) is 2.46. The summed E-state index contributed by atoms with van der Waals surface area (Å²) in [5, 5.41) is 5.80. The number of halogens is 3. The van der Waals surface area contributed by atoms with Gasteiger partial charge in [0.25, 0.3) is 0 Å². The average Bonchev–Trinajstić information content (AvgIpc) is 2.51. The van der Waals surface area contributed by atoms with Crippen molar-refractivity contribution in [3.63, 3.8) is 0 Å². The molecule has 1 amide bonds. The van der Waals surface area contributed by atoms with E-state index in [9.17, 15) is 18.0 Å². The fraction of sp³-hybridized carbons (Fsp3) is 0.571. The van der Waals surface area contributed by atoms with Crippen molar-refractivity contribution in [3.8, 4) is 5.88 Å². The number of ether oxygens (including phenoxy) is 2. The zero-order valence-electron chi connectivity index (χ0n) is 12.5. The molecular formula is C14H18F3N3O3. The van der Waals surface area contributed by atoms with E-state index in [2.05, 4.69) is 20.4 Å². The first-order chi connectivity index (χ1) is 10.8. The summed E-state index contributed by atoms with van der Waals surface area (Å²) >= 11 is 0. The summed E-state index contributed by atoms with van der Waals surface area (Å²) in [5.41, 5.74) is 0.655. The topological polar surface area (TPSA) is 72.5 Å². The van der Waals surface area contributed by atoms with E-state index in [0.717, 1.165) is 0 Å². The summed E-state index contributed by atoms with van der Waals surface area (Å²) in [7, 11) is 0. The van der Waals surface area contributed by atoms with Gasteiger partial charge >= 0.3 is 6.18 Å². The first-order valence-electron chi connectivity index (χ1n) is 7.12. The first-order valence-corrected chi connectivity index (χ1v) is 7.12. The minimum Gasteiger partial charge on any atom is -0.468 e. The maximum atomic E-state index is 12.0. The lowest BCUT2D eigenvalue weighted by atomic mass is 10.1. The molecule has 1 aliphatic heterocycles. The molecule has 2 atom stereocenters. The van der Waals surface area contributed by atoms with E-state index in [0.29, 0.717) is 18.7 Å². The van der Waals surface area contributed by atoms with Crippen LogP contribution in [0.1, 0.15) is 12.5 Å². The fourth-order valence-corrected chi connectivity index (χ4v) is 2.08. The van der Waals surface area contributed by atoms with Gasteiger partial charge in [-0.05, 0) is 12.5 Å². The Morgan fingerprint density at radius 3 is 2.91 bits per heavy atom. The Balaban J connectivity index is 1.80. The van der Waals surface area contributed by atoms with Gasteiger partial charge < -0.3 is 20.1 Å². The molecule has 0 saturated carbocycles. The Morgan fingerprint density at radius 1 is 1.52 bits per heavy atom. The van der Waals surface area contributed by atoms with E-state index in [1.165, 1.54) is 12.3 Å². The number of morpholine rings is 1. The third-order valence-corrected chi connectivity index (χ3v) is 3.25. The van der Waals surface area contributed by atoms with Crippen LogP contribution in [0.2, 0.25) is 0 Å². The molecule has 1 aliphatic rings. The van der Waals surface area contributed by atoms with Crippen LogP contribution >= 0.6 is 0 Å².